The first-order valence-corrected chi connectivity index (χ1v) is 6.43. The predicted octanol–water partition coefficient (Wildman–Crippen LogP) is 2.65. The summed E-state index contributed by atoms with van der Waals surface area (Å²) in [4.78, 5) is 0. The zero-order valence-corrected chi connectivity index (χ0v) is 10.5. The van der Waals surface area contributed by atoms with Gasteiger partial charge in [0, 0.05) is 18.2 Å². The molecule has 4 heteroatoms. The Morgan fingerprint density at radius 3 is 2.44 bits per heavy atom. The lowest BCUT2D eigenvalue weighted by atomic mass is 9.98. The summed E-state index contributed by atoms with van der Waals surface area (Å²) < 4.78 is 32.7. The minimum Gasteiger partial charge on any atom is -0.377 e. The quantitative estimate of drug-likeness (QED) is 0.848. The highest BCUT2D eigenvalue weighted by Gasteiger charge is 2.36. The van der Waals surface area contributed by atoms with Crippen LogP contribution in [-0.4, -0.2) is 18.8 Å². The summed E-state index contributed by atoms with van der Waals surface area (Å²) in [6, 6.07) is 3.53. The lowest BCUT2D eigenvalue weighted by molar-refractivity contribution is 0.0284. The van der Waals surface area contributed by atoms with E-state index in [4.69, 9.17) is 10.5 Å². The molecular formula is C14H19F2NO. The molecule has 0 radical (unpaired) electrons. The van der Waals surface area contributed by atoms with Crippen molar-refractivity contribution in [1.82, 2.24) is 0 Å². The number of benzene rings is 1. The van der Waals surface area contributed by atoms with E-state index in [9.17, 15) is 8.78 Å². The second-order valence-electron chi connectivity index (χ2n) is 4.83. The Labute approximate surface area is 106 Å². The molecule has 1 aromatic rings. The summed E-state index contributed by atoms with van der Waals surface area (Å²) in [6.45, 7) is 2.49. The molecule has 100 valence electrons. The SMILES string of the molecule is CCOC(C(N)Cc1c(F)cccc1F)C1CC1. The maximum atomic E-state index is 13.5. The number of ether oxygens (including phenoxy) is 1. The highest BCUT2D eigenvalue weighted by Crippen LogP contribution is 2.36. The monoisotopic (exact) mass is 255 g/mol. The molecule has 0 heterocycles. The van der Waals surface area contributed by atoms with Gasteiger partial charge in [0.25, 0.3) is 0 Å². The lowest BCUT2D eigenvalue weighted by Gasteiger charge is -2.24. The van der Waals surface area contributed by atoms with Crippen LogP contribution in [0.25, 0.3) is 0 Å². The second-order valence-corrected chi connectivity index (χ2v) is 4.83. The molecular weight excluding hydrogens is 236 g/mol. The van der Waals surface area contributed by atoms with Crippen LogP contribution in [0, 0.1) is 17.6 Å². The van der Waals surface area contributed by atoms with Crippen LogP contribution in [-0.2, 0) is 11.2 Å². The average molecular weight is 255 g/mol. The Kier molecular flexibility index (Phi) is 4.30. The summed E-state index contributed by atoms with van der Waals surface area (Å²) in [7, 11) is 0. The maximum absolute atomic E-state index is 13.5. The molecule has 0 bridgehead atoms. The topological polar surface area (TPSA) is 35.2 Å². The minimum atomic E-state index is -0.531. The van der Waals surface area contributed by atoms with E-state index < -0.39 is 11.6 Å². The van der Waals surface area contributed by atoms with Crippen molar-refractivity contribution in [2.45, 2.75) is 38.3 Å². The summed E-state index contributed by atoms with van der Waals surface area (Å²) in [5.74, 6) is -0.609. The van der Waals surface area contributed by atoms with Crippen LogP contribution >= 0.6 is 0 Å². The molecule has 2 unspecified atom stereocenters. The van der Waals surface area contributed by atoms with Crippen molar-refractivity contribution in [3.63, 3.8) is 0 Å². The molecule has 0 saturated heterocycles. The van der Waals surface area contributed by atoms with Gasteiger partial charge in [-0.3, -0.25) is 0 Å². The van der Waals surface area contributed by atoms with Crippen LogP contribution in [0.3, 0.4) is 0 Å². The van der Waals surface area contributed by atoms with Crippen LogP contribution in [0.4, 0.5) is 8.78 Å². The third kappa shape index (κ3) is 3.06. The molecule has 1 aromatic carbocycles. The molecule has 1 fully saturated rings. The van der Waals surface area contributed by atoms with Crippen LogP contribution in [0.2, 0.25) is 0 Å². The van der Waals surface area contributed by atoms with Crippen molar-refractivity contribution in [3.05, 3.63) is 35.4 Å². The van der Waals surface area contributed by atoms with Gasteiger partial charge in [0.2, 0.25) is 0 Å². The third-order valence-electron chi connectivity index (χ3n) is 3.37. The molecule has 1 aliphatic carbocycles. The van der Waals surface area contributed by atoms with Gasteiger partial charge >= 0.3 is 0 Å². The molecule has 0 aromatic heterocycles. The number of hydrogen-bond donors (Lipinski definition) is 1. The van der Waals surface area contributed by atoms with Gasteiger partial charge in [-0.2, -0.15) is 0 Å². The highest BCUT2D eigenvalue weighted by atomic mass is 19.1. The van der Waals surface area contributed by atoms with Crippen molar-refractivity contribution >= 4 is 0 Å². The molecule has 0 aliphatic heterocycles. The highest BCUT2D eigenvalue weighted by molar-refractivity contribution is 5.21. The molecule has 1 saturated carbocycles. The zero-order valence-electron chi connectivity index (χ0n) is 10.5. The lowest BCUT2D eigenvalue weighted by Crippen LogP contribution is -2.40. The van der Waals surface area contributed by atoms with E-state index in [1.54, 1.807) is 0 Å². The van der Waals surface area contributed by atoms with Crippen molar-refractivity contribution < 1.29 is 13.5 Å². The van der Waals surface area contributed by atoms with Crippen LogP contribution in [0.5, 0.6) is 0 Å². The van der Waals surface area contributed by atoms with E-state index in [1.165, 1.54) is 18.2 Å². The standard InChI is InChI=1S/C14H19F2NO/c1-2-18-14(9-6-7-9)13(17)8-10-11(15)4-3-5-12(10)16/h3-5,9,13-14H,2,6-8,17H2,1H3. The van der Waals surface area contributed by atoms with Gasteiger partial charge in [-0.15, -0.1) is 0 Å². The molecule has 2 N–H and O–H groups in total. The number of hydrogen-bond acceptors (Lipinski definition) is 2. The van der Waals surface area contributed by atoms with E-state index in [-0.39, 0.29) is 24.1 Å². The van der Waals surface area contributed by atoms with E-state index in [0.717, 1.165) is 12.8 Å². The second kappa shape index (κ2) is 5.76. The fraction of sp³-hybridized carbons (Fsp3) is 0.571. The van der Waals surface area contributed by atoms with Gasteiger partial charge < -0.3 is 10.5 Å². The Balaban J connectivity index is 2.07. The van der Waals surface area contributed by atoms with Crippen molar-refractivity contribution in [1.29, 1.82) is 0 Å². The van der Waals surface area contributed by atoms with Crippen LogP contribution in [0.15, 0.2) is 18.2 Å². The van der Waals surface area contributed by atoms with E-state index in [1.807, 2.05) is 6.92 Å². The molecule has 0 spiro atoms. The van der Waals surface area contributed by atoms with Crippen molar-refractivity contribution in [2.24, 2.45) is 11.7 Å². The van der Waals surface area contributed by atoms with Gasteiger partial charge in [0.05, 0.1) is 6.10 Å². The Morgan fingerprint density at radius 1 is 1.33 bits per heavy atom. The first-order valence-electron chi connectivity index (χ1n) is 6.43. The van der Waals surface area contributed by atoms with Crippen molar-refractivity contribution in [2.75, 3.05) is 6.61 Å². The number of halogens is 2. The van der Waals surface area contributed by atoms with Gasteiger partial charge in [-0.1, -0.05) is 6.07 Å². The molecule has 18 heavy (non-hydrogen) atoms. The summed E-state index contributed by atoms with van der Waals surface area (Å²) in [6.07, 6.45) is 2.28. The zero-order chi connectivity index (χ0) is 13.1. The van der Waals surface area contributed by atoms with E-state index >= 15 is 0 Å². The molecule has 2 rings (SSSR count). The van der Waals surface area contributed by atoms with Gasteiger partial charge in [0.1, 0.15) is 11.6 Å². The Morgan fingerprint density at radius 2 is 1.94 bits per heavy atom. The first kappa shape index (κ1) is 13.4. The van der Waals surface area contributed by atoms with Gasteiger partial charge in [-0.25, -0.2) is 8.78 Å². The number of nitrogens with two attached hydrogens (primary N) is 1. The normalized spacial score (nSPS) is 18.7. The van der Waals surface area contributed by atoms with Crippen molar-refractivity contribution in [3.8, 4) is 0 Å². The maximum Gasteiger partial charge on any atom is 0.129 e. The number of rotatable bonds is 6. The van der Waals surface area contributed by atoms with E-state index in [2.05, 4.69) is 0 Å². The van der Waals surface area contributed by atoms with Crippen LogP contribution < -0.4 is 5.73 Å². The summed E-state index contributed by atoms with van der Waals surface area (Å²) in [5.41, 5.74) is 6.12. The largest absolute Gasteiger partial charge is 0.377 e. The Hall–Kier alpha value is -1.00. The van der Waals surface area contributed by atoms with Gasteiger partial charge in [-0.05, 0) is 44.2 Å². The van der Waals surface area contributed by atoms with E-state index in [0.29, 0.717) is 12.5 Å². The summed E-state index contributed by atoms with van der Waals surface area (Å²) in [5, 5.41) is 0. The fourth-order valence-corrected chi connectivity index (χ4v) is 2.31. The van der Waals surface area contributed by atoms with Crippen LogP contribution in [0.1, 0.15) is 25.3 Å². The first-order chi connectivity index (χ1) is 8.63. The molecule has 0 amide bonds. The smallest absolute Gasteiger partial charge is 0.129 e. The molecule has 2 atom stereocenters. The third-order valence-corrected chi connectivity index (χ3v) is 3.37. The molecule has 1 aliphatic rings. The molecule has 2 nitrogen and oxygen atoms in total. The average Bonchev–Trinajstić information content (AvgIpc) is 3.15. The minimum absolute atomic E-state index is 0.0651. The van der Waals surface area contributed by atoms with Gasteiger partial charge in [0.15, 0.2) is 0 Å². The fourth-order valence-electron chi connectivity index (χ4n) is 2.31. The Bertz CT molecular complexity index is 387. The summed E-state index contributed by atoms with van der Waals surface area (Å²) >= 11 is 0. The predicted molar refractivity (Wildman–Crippen MR) is 66.2 cm³/mol.